The second-order valence-electron chi connectivity index (χ2n) is 7.35. The van der Waals surface area contributed by atoms with Crippen LogP contribution in [0.3, 0.4) is 0 Å². The molecule has 0 spiro atoms. The molecular formula is C23H26N2O3. The molecular weight excluding hydrogens is 352 g/mol. The maximum Gasteiger partial charge on any atom is 0.303 e. The van der Waals surface area contributed by atoms with Gasteiger partial charge in [-0.25, -0.2) is 0 Å². The van der Waals surface area contributed by atoms with Gasteiger partial charge in [-0.1, -0.05) is 30.3 Å². The molecule has 2 aliphatic heterocycles. The van der Waals surface area contributed by atoms with Gasteiger partial charge in [0.15, 0.2) is 0 Å². The molecule has 1 N–H and O–H groups in total. The molecule has 2 aromatic carbocycles. The fourth-order valence-corrected chi connectivity index (χ4v) is 3.89. The monoisotopic (exact) mass is 378 g/mol. The van der Waals surface area contributed by atoms with Crippen molar-refractivity contribution in [3.8, 4) is 11.5 Å². The maximum atomic E-state index is 10.6. The molecule has 0 bridgehead atoms. The highest BCUT2D eigenvalue weighted by atomic mass is 16.5. The van der Waals surface area contributed by atoms with Crippen molar-refractivity contribution >= 4 is 17.7 Å². The van der Waals surface area contributed by atoms with E-state index in [0.29, 0.717) is 0 Å². The molecule has 5 nitrogen and oxygen atoms in total. The van der Waals surface area contributed by atoms with Gasteiger partial charge < -0.3 is 14.7 Å². The number of carboxylic acids is 1. The first kappa shape index (κ1) is 18.6. The Labute approximate surface area is 165 Å². The first-order valence-electron chi connectivity index (χ1n) is 9.98. The van der Waals surface area contributed by atoms with E-state index >= 15 is 0 Å². The second-order valence-corrected chi connectivity index (χ2v) is 7.35. The van der Waals surface area contributed by atoms with Crippen molar-refractivity contribution < 1.29 is 14.6 Å². The third kappa shape index (κ3) is 4.20. The summed E-state index contributed by atoms with van der Waals surface area (Å²) in [5, 5.41) is 8.77. The molecule has 0 saturated carbocycles. The molecule has 0 aromatic heterocycles. The van der Waals surface area contributed by atoms with Crippen LogP contribution in [0.15, 0.2) is 48.5 Å². The molecule has 2 aliphatic rings. The lowest BCUT2D eigenvalue weighted by Crippen LogP contribution is -2.45. The van der Waals surface area contributed by atoms with Crippen molar-refractivity contribution in [3.05, 3.63) is 59.7 Å². The number of ether oxygens (including phenoxy) is 1. The van der Waals surface area contributed by atoms with E-state index in [4.69, 9.17) is 9.84 Å². The first-order valence-corrected chi connectivity index (χ1v) is 9.98. The Bertz CT molecular complexity index is 870. The number of carboxylic acid groups (broad SMARTS) is 1. The van der Waals surface area contributed by atoms with Crippen molar-refractivity contribution in [2.75, 3.05) is 32.7 Å². The molecule has 28 heavy (non-hydrogen) atoms. The van der Waals surface area contributed by atoms with Gasteiger partial charge in [-0.05, 0) is 43.7 Å². The number of carbonyl (C=O) groups is 1. The molecule has 0 unspecified atom stereocenters. The van der Waals surface area contributed by atoms with E-state index in [0.717, 1.165) is 68.2 Å². The number of para-hydroxylation sites is 2. The van der Waals surface area contributed by atoms with Gasteiger partial charge in [0.25, 0.3) is 0 Å². The third-order valence-corrected chi connectivity index (χ3v) is 5.42. The number of aliphatic carboxylic acids is 1. The average Bonchev–Trinajstić information content (AvgIpc) is 2.88. The smallest absolute Gasteiger partial charge is 0.303 e. The largest absolute Gasteiger partial charge is 0.481 e. The van der Waals surface area contributed by atoms with E-state index in [1.54, 1.807) is 0 Å². The van der Waals surface area contributed by atoms with Gasteiger partial charge in [-0.15, -0.1) is 0 Å². The van der Waals surface area contributed by atoms with Crippen LogP contribution < -0.4 is 4.74 Å². The van der Waals surface area contributed by atoms with Crippen molar-refractivity contribution in [2.24, 2.45) is 0 Å². The summed E-state index contributed by atoms with van der Waals surface area (Å²) >= 11 is 0. The zero-order chi connectivity index (χ0) is 19.3. The molecule has 146 valence electrons. The average molecular weight is 378 g/mol. The summed E-state index contributed by atoms with van der Waals surface area (Å²) in [6.45, 7) is 4.88. The van der Waals surface area contributed by atoms with Crippen LogP contribution >= 0.6 is 0 Å². The first-order chi connectivity index (χ1) is 13.7. The Hall–Kier alpha value is -2.79. The number of benzene rings is 2. The number of rotatable bonds is 6. The van der Waals surface area contributed by atoms with Crippen LogP contribution in [0.2, 0.25) is 0 Å². The molecule has 2 heterocycles. The molecule has 2 aromatic rings. The number of unbranched alkanes of at least 4 members (excludes halogenated alkanes) is 1. The number of piperazine rings is 1. The van der Waals surface area contributed by atoms with Crippen molar-refractivity contribution in [3.63, 3.8) is 0 Å². The quantitative estimate of drug-likeness (QED) is 0.765. The molecule has 1 saturated heterocycles. The standard InChI is InChI=1S/C23H26N2O3/c26-23(27)11-5-6-12-24-13-15-25(16-14-24)20-17-18-7-1-3-9-21(18)28-22-10-4-2-8-19(20)22/h1-4,7-10,17H,5-6,11-16H2,(H,26,27). The summed E-state index contributed by atoms with van der Waals surface area (Å²) in [6, 6.07) is 16.4. The predicted molar refractivity (Wildman–Crippen MR) is 110 cm³/mol. The molecule has 4 rings (SSSR count). The minimum atomic E-state index is -0.703. The highest BCUT2D eigenvalue weighted by molar-refractivity contribution is 5.86. The maximum absolute atomic E-state index is 10.6. The van der Waals surface area contributed by atoms with Gasteiger partial charge in [-0.3, -0.25) is 9.69 Å². The Balaban J connectivity index is 1.47. The predicted octanol–water partition coefficient (Wildman–Crippen LogP) is 4.16. The van der Waals surface area contributed by atoms with Crippen LogP contribution in [0.4, 0.5) is 0 Å². The molecule has 1 fully saturated rings. The number of hydrogen-bond acceptors (Lipinski definition) is 4. The summed E-state index contributed by atoms with van der Waals surface area (Å²) in [5.74, 6) is 1.09. The van der Waals surface area contributed by atoms with Crippen LogP contribution in [-0.2, 0) is 4.79 Å². The SMILES string of the molecule is O=C(O)CCCCN1CCN(C2=Cc3ccccc3Oc3ccccc32)CC1. The van der Waals surface area contributed by atoms with E-state index in [9.17, 15) is 4.79 Å². The van der Waals surface area contributed by atoms with Gasteiger partial charge >= 0.3 is 5.97 Å². The number of hydrogen-bond donors (Lipinski definition) is 1. The highest BCUT2D eigenvalue weighted by Crippen LogP contribution is 2.39. The van der Waals surface area contributed by atoms with Gasteiger partial charge in [0.2, 0.25) is 0 Å². The second kappa shape index (κ2) is 8.48. The normalized spacial score (nSPS) is 16.4. The van der Waals surface area contributed by atoms with Crippen LogP contribution in [0.5, 0.6) is 11.5 Å². The molecule has 5 heteroatoms. The lowest BCUT2D eigenvalue weighted by atomic mass is 10.1. The summed E-state index contributed by atoms with van der Waals surface area (Å²) in [5.41, 5.74) is 3.45. The molecule has 0 radical (unpaired) electrons. The number of fused-ring (bicyclic) bond motifs is 2. The van der Waals surface area contributed by atoms with Gasteiger partial charge in [0, 0.05) is 49.4 Å². The van der Waals surface area contributed by atoms with Crippen molar-refractivity contribution in [1.29, 1.82) is 0 Å². The number of nitrogens with zero attached hydrogens (tertiary/aromatic N) is 2. The van der Waals surface area contributed by atoms with Crippen molar-refractivity contribution in [2.45, 2.75) is 19.3 Å². The lowest BCUT2D eigenvalue weighted by molar-refractivity contribution is -0.137. The van der Waals surface area contributed by atoms with Crippen LogP contribution in [-0.4, -0.2) is 53.6 Å². The summed E-state index contributed by atoms with van der Waals surface area (Å²) < 4.78 is 6.19. The fourth-order valence-electron chi connectivity index (χ4n) is 3.89. The van der Waals surface area contributed by atoms with Gasteiger partial charge in [0.05, 0.1) is 0 Å². The minimum Gasteiger partial charge on any atom is -0.481 e. The Morgan fingerprint density at radius 2 is 1.64 bits per heavy atom. The summed E-state index contributed by atoms with van der Waals surface area (Å²) in [4.78, 5) is 15.5. The van der Waals surface area contributed by atoms with Gasteiger partial charge in [-0.2, -0.15) is 0 Å². The minimum absolute atomic E-state index is 0.267. The van der Waals surface area contributed by atoms with Gasteiger partial charge in [0.1, 0.15) is 11.5 Å². The van der Waals surface area contributed by atoms with Crippen LogP contribution in [0, 0.1) is 0 Å². The van der Waals surface area contributed by atoms with Crippen LogP contribution in [0.1, 0.15) is 30.4 Å². The zero-order valence-electron chi connectivity index (χ0n) is 16.0. The van der Waals surface area contributed by atoms with E-state index < -0.39 is 5.97 Å². The van der Waals surface area contributed by atoms with Crippen molar-refractivity contribution in [1.82, 2.24) is 9.80 Å². The van der Waals surface area contributed by atoms with Crippen LogP contribution in [0.25, 0.3) is 11.8 Å². The third-order valence-electron chi connectivity index (χ3n) is 5.42. The Morgan fingerprint density at radius 1 is 0.929 bits per heavy atom. The molecule has 0 aliphatic carbocycles. The Morgan fingerprint density at radius 3 is 2.43 bits per heavy atom. The highest BCUT2D eigenvalue weighted by Gasteiger charge is 2.24. The fraction of sp³-hybridized carbons (Fsp3) is 0.348. The molecule has 0 amide bonds. The Kier molecular flexibility index (Phi) is 5.63. The molecule has 0 atom stereocenters. The van der Waals surface area contributed by atoms with E-state index in [1.165, 1.54) is 5.70 Å². The van der Waals surface area contributed by atoms with E-state index in [2.05, 4.69) is 34.1 Å². The van der Waals surface area contributed by atoms with E-state index in [-0.39, 0.29) is 6.42 Å². The lowest BCUT2D eigenvalue weighted by Gasteiger charge is -2.37. The summed E-state index contributed by atoms with van der Waals surface area (Å²) in [6.07, 6.45) is 4.20. The van der Waals surface area contributed by atoms with E-state index in [1.807, 2.05) is 30.3 Å². The summed E-state index contributed by atoms with van der Waals surface area (Å²) in [7, 11) is 0. The zero-order valence-corrected chi connectivity index (χ0v) is 16.0. The topological polar surface area (TPSA) is 53.0 Å².